The molecule has 0 unspecified atom stereocenters. The molecule has 0 aliphatic carbocycles. The first-order chi connectivity index (χ1) is 13.5. The number of pyridine rings is 1. The van der Waals surface area contributed by atoms with Gasteiger partial charge in [-0.3, -0.25) is 4.98 Å². The molecule has 0 saturated carbocycles. The molecule has 5 nitrogen and oxygen atoms in total. The molecule has 0 atom stereocenters. The molecule has 1 N–H and O–H groups in total. The zero-order valence-electron chi connectivity index (χ0n) is 14.6. The summed E-state index contributed by atoms with van der Waals surface area (Å²) in [4.78, 5) is 9.57. The highest BCUT2D eigenvalue weighted by molar-refractivity contribution is 9.10. The SMILES string of the molecule is Cn1ccnc1Sc1ccc(Nc2c(C#N)cnc3ccc(Br)cc23)cc1Cl. The fourth-order valence-electron chi connectivity index (χ4n) is 2.74. The van der Waals surface area contributed by atoms with E-state index in [1.165, 1.54) is 11.8 Å². The van der Waals surface area contributed by atoms with E-state index in [2.05, 4.69) is 37.3 Å². The van der Waals surface area contributed by atoms with E-state index in [0.717, 1.165) is 31.1 Å². The molecular formula is C20H13BrClN5S. The molecule has 2 heterocycles. The number of halogens is 2. The van der Waals surface area contributed by atoms with Gasteiger partial charge in [0.2, 0.25) is 0 Å². The number of nitrogens with zero attached hydrogens (tertiary/aromatic N) is 4. The molecule has 0 fully saturated rings. The van der Waals surface area contributed by atoms with Gasteiger partial charge >= 0.3 is 0 Å². The van der Waals surface area contributed by atoms with Gasteiger partial charge in [0, 0.05) is 46.1 Å². The third-order valence-corrected chi connectivity index (χ3v) is 6.20. The smallest absolute Gasteiger partial charge is 0.172 e. The minimum Gasteiger partial charge on any atom is -0.354 e. The standard InChI is InChI=1S/C20H13BrClN5S/c1-27-7-6-24-20(27)28-18-5-3-14(9-16(18)22)26-19-12(10-23)11-25-17-4-2-13(21)8-15(17)19/h2-9,11H,1H3,(H,25,26). The number of imidazole rings is 1. The number of fused-ring (bicyclic) bond motifs is 1. The molecule has 0 aliphatic heterocycles. The topological polar surface area (TPSA) is 66.5 Å². The van der Waals surface area contributed by atoms with Crippen LogP contribution in [0.1, 0.15) is 5.56 Å². The minimum atomic E-state index is 0.466. The first-order valence-corrected chi connectivity index (χ1v) is 10.2. The third kappa shape index (κ3) is 3.72. The lowest BCUT2D eigenvalue weighted by Gasteiger charge is -2.13. The van der Waals surface area contributed by atoms with Gasteiger partial charge in [0.15, 0.2) is 5.16 Å². The maximum absolute atomic E-state index is 9.51. The van der Waals surface area contributed by atoms with Crippen LogP contribution in [0.5, 0.6) is 0 Å². The highest BCUT2D eigenvalue weighted by Crippen LogP contribution is 2.36. The van der Waals surface area contributed by atoms with Gasteiger partial charge < -0.3 is 9.88 Å². The zero-order chi connectivity index (χ0) is 19.7. The number of aromatic nitrogens is 3. The van der Waals surface area contributed by atoms with Gasteiger partial charge in [0.1, 0.15) is 6.07 Å². The Bertz CT molecular complexity index is 1230. The number of hydrogen-bond acceptors (Lipinski definition) is 5. The van der Waals surface area contributed by atoms with Crippen LogP contribution in [0, 0.1) is 11.3 Å². The van der Waals surface area contributed by atoms with E-state index in [9.17, 15) is 5.26 Å². The summed E-state index contributed by atoms with van der Waals surface area (Å²) in [5, 5.41) is 15.2. The van der Waals surface area contributed by atoms with E-state index in [4.69, 9.17) is 11.6 Å². The first-order valence-electron chi connectivity index (χ1n) is 8.25. The van der Waals surface area contributed by atoms with Crippen LogP contribution in [-0.2, 0) is 7.05 Å². The highest BCUT2D eigenvalue weighted by atomic mass is 79.9. The summed E-state index contributed by atoms with van der Waals surface area (Å²) in [6, 6.07) is 13.7. The van der Waals surface area contributed by atoms with Crippen molar-refractivity contribution in [1.29, 1.82) is 5.26 Å². The lowest BCUT2D eigenvalue weighted by molar-refractivity contribution is 0.790. The second-order valence-corrected chi connectivity index (χ2v) is 8.35. The Balaban J connectivity index is 1.70. The lowest BCUT2D eigenvalue weighted by atomic mass is 10.1. The molecule has 28 heavy (non-hydrogen) atoms. The number of anilines is 2. The van der Waals surface area contributed by atoms with E-state index in [0.29, 0.717) is 16.3 Å². The molecule has 0 spiro atoms. The van der Waals surface area contributed by atoms with Crippen molar-refractivity contribution in [1.82, 2.24) is 14.5 Å². The average Bonchev–Trinajstić information content (AvgIpc) is 3.09. The Morgan fingerprint density at radius 2 is 2.07 bits per heavy atom. The van der Waals surface area contributed by atoms with E-state index in [1.807, 2.05) is 54.2 Å². The molecule has 4 rings (SSSR count). The van der Waals surface area contributed by atoms with Crippen molar-refractivity contribution in [3.05, 3.63) is 70.0 Å². The normalized spacial score (nSPS) is 10.8. The van der Waals surface area contributed by atoms with Crippen molar-refractivity contribution >= 4 is 61.6 Å². The van der Waals surface area contributed by atoms with Gasteiger partial charge in [-0.05, 0) is 36.4 Å². The van der Waals surface area contributed by atoms with Gasteiger partial charge in [0.05, 0.1) is 21.8 Å². The number of nitriles is 1. The van der Waals surface area contributed by atoms with Gasteiger partial charge in [0.25, 0.3) is 0 Å². The average molecular weight is 471 g/mol. The molecule has 8 heteroatoms. The Labute approximate surface area is 179 Å². The Morgan fingerprint density at radius 3 is 2.79 bits per heavy atom. The number of rotatable bonds is 4. The van der Waals surface area contributed by atoms with Crippen molar-refractivity contribution in [3.63, 3.8) is 0 Å². The first kappa shape index (κ1) is 18.8. The summed E-state index contributed by atoms with van der Waals surface area (Å²) in [7, 11) is 1.94. The van der Waals surface area contributed by atoms with Crippen LogP contribution >= 0.6 is 39.3 Å². The monoisotopic (exact) mass is 469 g/mol. The van der Waals surface area contributed by atoms with Crippen molar-refractivity contribution < 1.29 is 0 Å². The number of hydrogen-bond donors (Lipinski definition) is 1. The number of aryl methyl sites for hydroxylation is 1. The summed E-state index contributed by atoms with van der Waals surface area (Å²) in [6.07, 6.45) is 5.22. The van der Waals surface area contributed by atoms with Crippen LogP contribution < -0.4 is 5.32 Å². The maximum Gasteiger partial charge on any atom is 0.172 e. The Hall–Kier alpha value is -2.53. The van der Waals surface area contributed by atoms with Crippen LogP contribution in [0.2, 0.25) is 5.02 Å². The fraction of sp³-hybridized carbons (Fsp3) is 0.0500. The molecule has 0 radical (unpaired) electrons. The number of nitrogens with one attached hydrogen (secondary N) is 1. The van der Waals surface area contributed by atoms with Gasteiger partial charge in [-0.15, -0.1) is 0 Å². The Morgan fingerprint density at radius 1 is 1.21 bits per heavy atom. The molecule has 138 valence electrons. The molecule has 0 aliphatic rings. The maximum atomic E-state index is 9.51. The van der Waals surface area contributed by atoms with Crippen LogP contribution in [-0.4, -0.2) is 14.5 Å². The van der Waals surface area contributed by atoms with Gasteiger partial charge in [-0.2, -0.15) is 5.26 Å². The molecular weight excluding hydrogens is 458 g/mol. The largest absolute Gasteiger partial charge is 0.354 e. The van der Waals surface area contributed by atoms with Crippen molar-refractivity contribution in [2.45, 2.75) is 10.1 Å². The van der Waals surface area contributed by atoms with E-state index in [-0.39, 0.29) is 0 Å². The quantitative estimate of drug-likeness (QED) is 0.387. The zero-order valence-corrected chi connectivity index (χ0v) is 17.8. The van der Waals surface area contributed by atoms with Crippen molar-refractivity contribution in [2.24, 2.45) is 7.05 Å². The van der Waals surface area contributed by atoms with E-state index >= 15 is 0 Å². The molecule has 0 bridgehead atoms. The van der Waals surface area contributed by atoms with Crippen LogP contribution in [0.25, 0.3) is 10.9 Å². The summed E-state index contributed by atoms with van der Waals surface area (Å²) < 4.78 is 2.85. The van der Waals surface area contributed by atoms with Crippen molar-refractivity contribution in [2.75, 3.05) is 5.32 Å². The van der Waals surface area contributed by atoms with Crippen LogP contribution in [0.4, 0.5) is 11.4 Å². The van der Waals surface area contributed by atoms with Crippen molar-refractivity contribution in [3.8, 4) is 6.07 Å². The summed E-state index contributed by atoms with van der Waals surface area (Å²) in [5.41, 5.74) is 2.76. The van der Waals surface area contributed by atoms with Gasteiger partial charge in [-0.25, -0.2) is 4.98 Å². The minimum absolute atomic E-state index is 0.466. The second-order valence-electron chi connectivity index (χ2n) is 6.01. The summed E-state index contributed by atoms with van der Waals surface area (Å²) in [5.74, 6) is 0. The van der Waals surface area contributed by atoms with E-state index < -0.39 is 0 Å². The summed E-state index contributed by atoms with van der Waals surface area (Å²) >= 11 is 11.5. The summed E-state index contributed by atoms with van der Waals surface area (Å²) in [6.45, 7) is 0. The third-order valence-electron chi connectivity index (χ3n) is 4.13. The fourth-order valence-corrected chi connectivity index (χ4v) is 4.20. The molecule has 2 aromatic heterocycles. The molecule has 2 aromatic carbocycles. The predicted molar refractivity (Wildman–Crippen MR) is 116 cm³/mol. The van der Waals surface area contributed by atoms with E-state index in [1.54, 1.807) is 12.4 Å². The van der Waals surface area contributed by atoms with Crippen LogP contribution in [0.15, 0.2) is 69.5 Å². The lowest BCUT2D eigenvalue weighted by Crippen LogP contribution is -1.97. The predicted octanol–water partition coefficient (Wildman–Crippen LogP) is 6.15. The highest BCUT2D eigenvalue weighted by Gasteiger charge is 2.12. The Kier molecular flexibility index (Phi) is 5.27. The van der Waals surface area contributed by atoms with Crippen LogP contribution in [0.3, 0.4) is 0 Å². The molecule has 0 saturated heterocycles. The number of benzene rings is 2. The van der Waals surface area contributed by atoms with Gasteiger partial charge in [-0.1, -0.05) is 39.3 Å². The molecule has 4 aromatic rings. The molecule has 0 amide bonds. The second kappa shape index (κ2) is 7.84.